The Morgan fingerprint density at radius 1 is 1.47 bits per heavy atom. The maximum Gasteiger partial charge on any atom is 0.251 e. The van der Waals surface area contributed by atoms with Gasteiger partial charge in [-0.1, -0.05) is 11.6 Å². The summed E-state index contributed by atoms with van der Waals surface area (Å²) in [6.07, 6.45) is -0.263. The summed E-state index contributed by atoms with van der Waals surface area (Å²) in [6, 6.07) is 6.23. The van der Waals surface area contributed by atoms with Crippen LogP contribution in [0.3, 0.4) is 0 Å². The number of hydrogen-bond acceptors (Lipinski definition) is 3. The highest BCUT2D eigenvalue weighted by molar-refractivity contribution is 6.33. The van der Waals surface area contributed by atoms with E-state index in [-0.39, 0.29) is 12.3 Å². The van der Waals surface area contributed by atoms with E-state index in [1.165, 1.54) is 19.2 Å². The monoisotopic (exact) mass is 251 g/mol. The predicted octanol–water partition coefficient (Wildman–Crippen LogP) is 1.55. The van der Waals surface area contributed by atoms with Crippen molar-refractivity contribution in [3.05, 3.63) is 28.8 Å². The number of rotatable bonds is 3. The molecule has 17 heavy (non-hydrogen) atoms. The third-order valence-corrected chi connectivity index (χ3v) is 2.30. The van der Waals surface area contributed by atoms with Crippen molar-refractivity contribution in [3.8, 4) is 6.07 Å². The van der Waals surface area contributed by atoms with Crippen molar-refractivity contribution in [3.63, 3.8) is 0 Å². The van der Waals surface area contributed by atoms with E-state index in [4.69, 9.17) is 16.9 Å². The summed E-state index contributed by atoms with van der Waals surface area (Å²) in [5.41, 5.74) is 0.692. The lowest BCUT2D eigenvalue weighted by molar-refractivity contribution is -0.115. The molecule has 0 saturated carbocycles. The van der Waals surface area contributed by atoms with Crippen molar-refractivity contribution in [2.24, 2.45) is 0 Å². The van der Waals surface area contributed by atoms with E-state index in [0.29, 0.717) is 16.3 Å². The van der Waals surface area contributed by atoms with Crippen LogP contribution in [0, 0.1) is 11.3 Å². The second-order valence-corrected chi connectivity index (χ2v) is 3.56. The van der Waals surface area contributed by atoms with E-state index < -0.39 is 5.91 Å². The van der Waals surface area contributed by atoms with Gasteiger partial charge in [0.25, 0.3) is 5.91 Å². The molecule has 0 bridgehead atoms. The maximum atomic E-state index is 11.4. The largest absolute Gasteiger partial charge is 0.355 e. The summed E-state index contributed by atoms with van der Waals surface area (Å²) in [7, 11) is 1.50. The van der Waals surface area contributed by atoms with Crippen LogP contribution < -0.4 is 10.6 Å². The van der Waals surface area contributed by atoms with E-state index in [2.05, 4.69) is 10.6 Å². The normalized spacial score (nSPS) is 9.24. The minimum atomic E-state index is -0.469. The Hall–Kier alpha value is -2.06. The zero-order valence-corrected chi connectivity index (χ0v) is 9.84. The van der Waals surface area contributed by atoms with E-state index in [9.17, 15) is 9.59 Å². The van der Waals surface area contributed by atoms with Crippen molar-refractivity contribution in [1.82, 2.24) is 5.32 Å². The Morgan fingerprint density at radius 3 is 2.76 bits per heavy atom. The lowest BCUT2D eigenvalue weighted by Crippen LogP contribution is -2.18. The number of halogens is 1. The van der Waals surface area contributed by atoms with Crippen molar-refractivity contribution in [2.75, 3.05) is 12.4 Å². The topological polar surface area (TPSA) is 82.0 Å². The third-order valence-electron chi connectivity index (χ3n) is 1.97. The summed E-state index contributed by atoms with van der Waals surface area (Å²) in [6.45, 7) is 0. The summed E-state index contributed by atoms with van der Waals surface area (Å²) in [4.78, 5) is 22.6. The zero-order valence-electron chi connectivity index (χ0n) is 9.08. The molecule has 0 aromatic heterocycles. The van der Waals surface area contributed by atoms with Crippen molar-refractivity contribution >= 4 is 29.1 Å². The number of nitriles is 1. The van der Waals surface area contributed by atoms with Crippen molar-refractivity contribution < 1.29 is 9.59 Å². The first kappa shape index (κ1) is 13.0. The molecule has 1 aromatic rings. The summed E-state index contributed by atoms with van der Waals surface area (Å²) in [5.74, 6) is -0.749. The van der Waals surface area contributed by atoms with Gasteiger partial charge in [0, 0.05) is 12.6 Å². The molecule has 0 unspecified atom stereocenters. The Kier molecular flexibility index (Phi) is 4.49. The number of amides is 2. The Labute approximate surface area is 103 Å². The fourth-order valence-electron chi connectivity index (χ4n) is 1.17. The second-order valence-electron chi connectivity index (χ2n) is 3.16. The molecule has 0 radical (unpaired) electrons. The number of carbonyl (C=O) groups is 2. The van der Waals surface area contributed by atoms with Crippen LogP contribution in [0.15, 0.2) is 18.2 Å². The molecule has 0 spiro atoms. The molecule has 1 aromatic carbocycles. The van der Waals surface area contributed by atoms with E-state index in [1.807, 2.05) is 0 Å². The molecule has 0 aliphatic heterocycles. The minimum Gasteiger partial charge on any atom is -0.355 e. The number of nitrogens with zero attached hydrogens (tertiary/aromatic N) is 1. The van der Waals surface area contributed by atoms with Crippen LogP contribution in [0.2, 0.25) is 5.02 Å². The minimum absolute atomic E-state index is 0.263. The van der Waals surface area contributed by atoms with Crippen LogP contribution in [0.1, 0.15) is 16.8 Å². The first-order valence-electron chi connectivity index (χ1n) is 4.77. The zero-order chi connectivity index (χ0) is 12.8. The first-order chi connectivity index (χ1) is 8.08. The fourth-order valence-corrected chi connectivity index (χ4v) is 1.34. The lowest BCUT2D eigenvalue weighted by atomic mass is 10.2. The molecule has 5 nitrogen and oxygen atoms in total. The molecule has 0 saturated heterocycles. The van der Waals surface area contributed by atoms with Crippen LogP contribution in [-0.4, -0.2) is 18.9 Å². The molecular weight excluding hydrogens is 242 g/mol. The fraction of sp³-hybridized carbons (Fsp3) is 0.182. The third kappa shape index (κ3) is 3.47. The molecular formula is C11H10ClN3O2. The maximum absolute atomic E-state index is 11.4. The molecule has 6 heteroatoms. The molecule has 0 fully saturated rings. The molecule has 1 rings (SSSR count). The molecule has 0 aliphatic carbocycles. The van der Waals surface area contributed by atoms with Gasteiger partial charge < -0.3 is 10.6 Å². The van der Waals surface area contributed by atoms with E-state index in [1.54, 1.807) is 12.1 Å². The number of nitrogens with one attached hydrogen (secondary N) is 2. The molecule has 0 aliphatic rings. The highest BCUT2D eigenvalue weighted by atomic mass is 35.5. The molecule has 2 N–H and O–H groups in total. The quantitative estimate of drug-likeness (QED) is 0.855. The average molecular weight is 252 g/mol. The van der Waals surface area contributed by atoms with Gasteiger partial charge in [0.05, 0.1) is 16.8 Å². The van der Waals surface area contributed by atoms with E-state index >= 15 is 0 Å². The first-order valence-corrected chi connectivity index (χ1v) is 5.14. The van der Waals surface area contributed by atoms with Gasteiger partial charge in [-0.05, 0) is 18.2 Å². The van der Waals surface area contributed by atoms with Gasteiger partial charge in [-0.25, -0.2) is 0 Å². The van der Waals surface area contributed by atoms with Crippen LogP contribution in [0.5, 0.6) is 0 Å². The smallest absolute Gasteiger partial charge is 0.251 e. The number of hydrogen-bond donors (Lipinski definition) is 2. The SMILES string of the molecule is CNC(=O)c1ccc(Cl)c(NC(=O)CC#N)c1. The Balaban J connectivity index is 2.95. The highest BCUT2D eigenvalue weighted by Gasteiger charge is 2.09. The Morgan fingerprint density at radius 2 is 2.18 bits per heavy atom. The van der Waals surface area contributed by atoms with Gasteiger partial charge in [0.1, 0.15) is 6.42 Å². The van der Waals surface area contributed by atoms with Crippen molar-refractivity contribution in [1.29, 1.82) is 5.26 Å². The van der Waals surface area contributed by atoms with Gasteiger partial charge in [0.2, 0.25) is 5.91 Å². The van der Waals surface area contributed by atoms with Crippen LogP contribution in [-0.2, 0) is 4.79 Å². The van der Waals surface area contributed by atoms with Gasteiger partial charge >= 0.3 is 0 Å². The second kappa shape index (κ2) is 5.87. The highest BCUT2D eigenvalue weighted by Crippen LogP contribution is 2.23. The van der Waals surface area contributed by atoms with Gasteiger partial charge in [-0.15, -0.1) is 0 Å². The van der Waals surface area contributed by atoms with Gasteiger partial charge in [0.15, 0.2) is 0 Å². The van der Waals surface area contributed by atoms with E-state index in [0.717, 1.165) is 0 Å². The average Bonchev–Trinajstić information content (AvgIpc) is 2.31. The molecule has 0 atom stereocenters. The van der Waals surface area contributed by atoms with Crippen LogP contribution >= 0.6 is 11.6 Å². The van der Waals surface area contributed by atoms with Crippen LogP contribution in [0.25, 0.3) is 0 Å². The van der Waals surface area contributed by atoms with Crippen molar-refractivity contribution in [2.45, 2.75) is 6.42 Å². The lowest BCUT2D eigenvalue weighted by Gasteiger charge is -2.07. The van der Waals surface area contributed by atoms with Gasteiger partial charge in [-0.2, -0.15) is 5.26 Å². The van der Waals surface area contributed by atoms with Gasteiger partial charge in [-0.3, -0.25) is 9.59 Å². The number of carbonyl (C=O) groups excluding carboxylic acids is 2. The molecule has 2 amide bonds. The Bertz CT molecular complexity index is 494. The number of anilines is 1. The summed E-state index contributed by atoms with van der Waals surface area (Å²) >= 11 is 5.86. The standard InChI is InChI=1S/C11H10ClN3O2/c1-14-11(17)7-2-3-8(12)9(6-7)15-10(16)4-5-13/h2-3,6H,4H2,1H3,(H,14,17)(H,15,16). The number of benzene rings is 1. The molecule has 0 heterocycles. The predicted molar refractivity (Wildman–Crippen MR) is 63.7 cm³/mol. The molecule has 88 valence electrons. The summed E-state index contributed by atoms with van der Waals surface area (Å²) in [5, 5.41) is 13.6. The van der Waals surface area contributed by atoms with Crippen LogP contribution in [0.4, 0.5) is 5.69 Å². The summed E-state index contributed by atoms with van der Waals surface area (Å²) < 4.78 is 0.